The van der Waals surface area contributed by atoms with Gasteiger partial charge in [0.05, 0.1) is 12.4 Å². The number of nitrogens with zero attached hydrogens (tertiary/aromatic N) is 3. The predicted molar refractivity (Wildman–Crippen MR) is 82.2 cm³/mol. The number of fused-ring (bicyclic) bond motifs is 1. The fourth-order valence-electron chi connectivity index (χ4n) is 2.45. The van der Waals surface area contributed by atoms with Crippen LogP contribution >= 0.6 is 22.6 Å². The van der Waals surface area contributed by atoms with Crippen molar-refractivity contribution < 1.29 is 14.6 Å². The highest BCUT2D eigenvalue weighted by Crippen LogP contribution is 2.33. The summed E-state index contributed by atoms with van der Waals surface area (Å²) in [6.07, 6.45) is -0.898. The van der Waals surface area contributed by atoms with Crippen molar-refractivity contribution in [2.24, 2.45) is 0 Å². The highest BCUT2D eigenvalue weighted by atomic mass is 127. The summed E-state index contributed by atoms with van der Waals surface area (Å²) in [4.78, 5) is 22.3. The van der Waals surface area contributed by atoms with Crippen LogP contribution in [0.4, 0.5) is 5.95 Å². The van der Waals surface area contributed by atoms with Crippen molar-refractivity contribution in [1.29, 1.82) is 0 Å². The number of alkyl halides is 1. The summed E-state index contributed by atoms with van der Waals surface area (Å²) in [5.41, 5.74) is 5.60. The van der Waals surface area contributed by atoms with Gasteiger partial charge in [0.2, 0.25) is 5.95 Å². The van der Waals surface area contributed by atoms with Crippen LogP contribution in [0.5, 0.6) is 0 Å². The van der Waals surface area contributed by atoms with E-state index in [0.29, 0.717) is 10.1 Å². The van der Waals surface area contributed by atoms with E-state index in [-0.39, 0.29) is 17.6 Å². The first kappa shape index (κ1) is 14.7. The van der Waals surface area contributed by atoms with Crippen molar-refractivity contribution in [3.8, 4) is 0 Å². The largest absolute Gasteiger partial charge is 0.387 e. The summed E-state index contributed by atoms with van der Waals surface area (Å²) in [7, 11) is 1.49. The van der Waals surface area contributed by atoms with Gasteiger partial charge < -0.3 is 20.3 Å². The molecule has 114 valence electrons. The number of aliphatic hydroxyl groups excluding tert-OH is 1. The van der Waals surface area contributed by atoms with Crippen molar-refractivity contribution in [3.05, 3.63) is 16.7 Å². The third-order valence-corrected chi connectivity index (χ3v) is 4.33. The summed E-state index contributed by atoms with van der Waals surface area (Å²) >= 11 is 2.13. The molecule has 1 aliphatic rings. The number of aromatic nitrogens is 4. The fourth-order valence-corrected chi connectivity index (χ4v) is 3.18. The average Bonchev–Trinajstić information content (AvgIpc) is 2.99. The van der Waals surface area contributed by atoms with Gasteiger partial charge in [-0.15, -0.1) is 0 Å². The van der Waals surface area contributed by atoms with Crippen LogP contribution in [0.25, 0.3) is 11.2 Å². The zero-order chi connectivity index (χ0) is 15.1. The molecule has 0 bridgehead atoms. The van der Waals surface area contributed by atoms with Gasteiger partial charge in [-0.05, 0) is 0 Å². The Balaban J connectivity index is 2.10. The van der Waals surface area contributed by atoms with Crippen LogP contribution in [0.2, 0.25) is 0 Å². The fraction of sp³-hybridized carbons (Fsp3) is 0.545. The van der Waals surface area contributed by atoms with E-state index in [0.717, 1.165) is 0 Å². The number of ether oxygens (including phenoxy) is 2. The Morgan fingerprint density at radius 3 is 3.10 bits per heavy atom. The lowest BCUT2D eigenvalue weighted by Crippen LogP contribution is -2.33. The van der Waals surface area contributed by atoms with Crippen LogP contribution < -0.4 is 11.3 Å². The zero-order valence-corrected chi connectivity index (χ0v) is 13.2. The molecule has 1 unspecified atom stereocenters. The van der Waals surface area contributed by atoms with E-state index in [1.807, 2.05) is 0 Å². The van der Waals surface area contributed by atoms with Crippen molar-refractivity contribution in [2.75, 3.05) is 17.3 Å². The Morgan fingerprint density at radius 1 is 1.67 bits per heavy atom. The molecule has 21 heavy (non-hydrogen) atoms. The lowest BCUT2D eigenvalue weighted by Gasteiger charge is -2.19. The van der Waals surface area contributed by atoms with Crippen molar-refractivity contribution in [2.45, 2.75) is 24.5 Å². The molecule has 10 heteroatoms. The second-order valence-corrected chi connectivity index (χ2v) is 5.57. The van der Waals surface area contributed by atoms with Gasteiger partial charge >= 0.3 is 0 Å². The SMILES string of the molecule is CO[C@H]1C(O)[C@@H](CI)O[C@H]1n1cnc2c(=O)[nH]c(N)nc21. The molecule has 0 aliphatic carbocycles. The van der Waals surface area contributed by atoms with Crippen LogP contribution in [0.1, 0.15) is 6.23 Å². The van der Waals surface area contributed by atoms with E-state index in [2.05, 4.69) is 37.5 Å². The summed E-state index contributed by atoms with van der Waals surface area (Å²) in [5, 5.41) is 10.2. The van der Waals surface area contributed by atoms with Crippen LogP contribution in [0.15, 0.2) is 11.1 Å². The molecule has 1 saturated heterocycles. The number of imidazole rings is 1. The molecular weight excluding hydrogens is 393 g/mol. The molecular formula is C11H14IN5O4. The van der Waals surface area contributed by atoms with Gasteiger partial charge in [-0.25, -0.2) is 4.98 Å². The molecule has 4 atom stereocenters. The number of nitrogen functional groups attached to an aromatic ring is 1. The Kier molecular flexibility index (Phi) is 3.86. The number of hydrogen-bond donors (Lipinski definition) is 3. The topological polar surface area (TPSA) is 128 Å². The highest BCUT2D eigenvalue weighted by molar-refractivity contribution is 14.1. The minimum atomic E-state index is -0.770. The van der Waals surface area contributed by atoms with Crippen LogP contribution in [-0.4, -0.2) is 54.5 Å². The van der Waals surface area contributed by atoms with E-state index in [1.54, 1.807) is 4.57 Å². The normalized spacial score (nSPS) is 29.3. The molecule has 1 fully saturated rings. The molecule has 0 radical (unpaired) electrons. The van der Waals surface area contributed by atoms with Gasteiger partial charge in [-0.1, -0.05) is 22.6 Å². The van der Waals surface area contributed by atoms with Gasteiger partial charge in [-0.2, -0.15) is 4.98 Å². The molecule has 1 aliphatic heterocycles. The predicted octanol–water partition coefficient (Wildman–Crippen LogP) is -0.590. The van der Waals surface area contributed by atoms with Crippen molar-refractivity contribution >= 4 is 39.7 Å². The molecule has 0 spiro atoms. The highest BCUT2D eigenvalue weighted by Gasteiger charge is 2.45. The van der Waals surface area contributed by atoms with E-state index in [9.17, 15) is 9.90 Å². The van der Waals surface area contributed by atoms with Gasteiger partial charge in [0.25, 0.3) is 5.56 Å². The summed E-state index contributed by atoms with van der Waals surface area (Å²) < 4.78 is 13.3. The number of H-pyrrole nitrogens is 1. The Hall–Kier alpha value is -1.24. The maximum atomic E-state index is 11.8. The average molecular weight is 407 g/mol. The molecule has 0 aromatic carbocycles. The molecule has 9 nitrogen and oxygen atoms in total. The zero-order valence-electron chi connectivity index (χ0n) is 11.1. The standard InChI is InChI=1S/C11H14IN5O4/c1-20-7-6(18)4(2-12)21-10(7)17-3-14-5-8(17)15-11(13)16-9(5)19/h3-4,6-7,10,18H,2H2,1H3,(H3,13,15,16,19)/t4-,6?,7+,10-/m1/s1. The first-order chi connectivity index (χ1) is 10.1. The van der Waals surface area contributed by atoms with E-state index in [4.69, 9.17) is 15.2 Å². The first-order valence-electron chi connectivity index (χ1n) is 6.21. The molecule has 0 saturated carbocycles. The number of aromatic amines is 1. The number of nitrogens with one attached hydrogen (secondary N) is 1. The number of hydrogen-bond acceptors (Lipinski definition) is 7. The number of nitrogens with two attached hydrogens (primary N) is 1. The number of aliphatic hydroxyl groups is 1. The lowest BCUT2D eigenvalue weighted by molar-refractivity contribution is -0.0465. The molecule has 2 aromatic rings. The third kappa shape index (κ3) is 2.31. The van der Waals surface area contributed by atoms with Crippen LogP contribution in [0, 0.1) is 0 Å². The molecule has 0 amide bonds. The first-order valence-corrected chi connectivity index (χ1v) is 7.74. The third-order valence-electron chi connectivity index (χ3n) is 3.46. The van der Waals surface area contributed by atoms with E-state index in [1.165, 1.54) is 13.4 Å². The maximum absolute atomic E-state index is 11.8. The van der Waals surface area contributed by atoms with Gasteiger partial charge in [0, 0.05) is 11.5 Å². The van der Waals surface area contributed by atoms with Gasteiger partial charge in [0.1, 0.15) is 12.2 Å². The van der Waals surface area contributed by atoms with E-state index >= 15 is 0 Å². The molecule has 4 N–H and O–H groups in total. The minimum Gasteiger partial charge on any atom is -0.387 e. The Labute approximate surface area is 132 Å². The summed E-state index contributed by atoms with van der Waals surface area (Å²) in [6.45, 7) is 0. The number of rotatable bonds is 3. The van der Waals surface area contributed by atoms with Gasteiger partial charge in [-0.3, -0.25) is 14.3 Å². The van der Waals surface area contributed by atoms with Crippen molar-refractivity contribution in [3.63, 3.8) is 0 Å². The molecule has 3 rings (SSSR count). The maximum Gasteiger partial charge on any atom is 0.280 e. The van der Waals surface area contributed by atoms with Gasteiger partial charge in [0.15, 0.2) is 17.4 Å². The summed E-state index contributed by atoms with van der Waals surface area (Å²) in [5.74, 6) is -0.00722. The van der Waals surface area contributed by atoms with Crippen LogP contribution in [0.3, 0.4) is 0 Å². The molecule has 3 heterocycles. The second-order valence-electron chi connectivity index (χ2n) is 4.69. The quantitative estimate of drug-likeness (QED) is 0.458. The minimum absolute atomic E-state index is 0.00722. The second kappa shape index (κ2) is 5.51. The Bertz CT molecular complexity index is 716. The van der Waals surface area contributed by atoms with Crippen molar-refractivity contribution in [1.82, 2.24) is 19.5 Å². The monoisotopic (exact) mass is 407 g/mol. The van der Waals surface area contributed by atoms with E-state index < -0.39 is 24.0 Å². The number of anilines is 1. The molecule has 2 aromatic heterocycles. The van der Waals surface area contributed by atoms with Crippen LogP contribution in [-0.2, 0) is 9.47 Å². The lowest BCUT2D eigenvalue weighted by atomic mass is 10.1. The smallest absolute Gasteiger partial charge is 0.280 e. The number of halogens is 1. The number of methoxy groups -OCH3 is 1. The Morgan fingerprint density at radius 2 is 2.43 bits per heavy atom. The summed E-state index contributed by atoms with van der Waals surface area (Å²) in [6, 6.07) is 0.